The van der Waals surface area contributed by atoms with Gasteiger partial charge >= 0.3 is 0 Å². The third kappa shape index (κ3) is 3.38. The molecule has 0 fully saturated rings. The first-order valence-electron chi connectivity index (χ1n) is 8.00. The molecule has 0 spiro atoms. The number of benzene rings is 2. The van der Waals surface area contributed by atoms with Crippen LogP contribution in [-0.2, 0) is 0 Å². The van der Waals surface area contributed by atoms with E-state index in [9.17, 15) is 4.79 Å². The summed E-state index contributed by atoms with van der Waals surface area (Å²) in [7, 11) is 0. The van der Waals surface area contributed by atoms with E-state index in [1.165, 1.54) is 5.56 Å². The van der Waals surface area contributed by atoms with Gasteiger partial charge in [0.1, 0.15) is 11.5 Å². The summed E-state index contributed by atoms with van der Waals surface area (Å²) in [5.74, 6) is 1.46. The molecule has 0 aliphatic heterocycles. The fraction of sp³-hybridized carbons (Fsp3) is 0.136. The predicted molar refractivity (Wildman–Crippen MR) is 98.2 cm³/mol. The molecule has 24 heavy (non-hydrogen) atoms. The van der Waals surface area contributed by atoms with Crippen LogP contribution < -0.4 is 0 Å². The molecule has 2 heteroatoms. The van der Waals surface area contributed by atoms with Crippen molar-refractivity contribution in [1.82, 2.24) is 0 Å². The molecule has 1 aromatic heterocycles. The molecule has 0 saturated heterocycles. The summed E-state index contributed by atoms with van der Waals surface area (Å²) in [6.45, 7) is 6.04. The molecule has 0 saturated carbocycles. The van der Waals surface area contributed by atoms with Crippen molar-refractivity contribution < 1.29 is 9.21 Å². The first-order chi connectivity index (χ1) is 11.5. The van der Waals surface area contributed by atoms with Crippen molar-refractivity contribution in [1.29, 1.82) is 0 Å². The van der Waals surface area contributed by atoms with E-state index in [1.54, 1.807) is 12.2 Å². The number of ketones is 1. The molecule has 0 aliphatic rings. The Balaban J connectivity index is 1.80. The minimum Gasteiger partial charge on any atom is -0.457 e. The normalized spacial score (nSPS) is 11.1. The molecule has 0 bridgehead atoms. The SMILES string of the molecule is Cc1cc(C)c(C(=O)C=Cc2ccc(-c3ccccc3)o2)cc1C. The summed E-state index contributed by atoms with van der Waals surface area (Å²) >= 11 is 0. The van der Waals surface area contributed by atoms with Gasteiger partial charge in [0.15, 0.2) is 5.78 Å². The molecule has 0 radical (unpaired) electrons. The number of hydrogen-bond donors (Lipinski definition) is 0. The predicted octanol–water partition coefficient (Wildman–Crippen LogP) is 5.77. The second-order valence-electron chi connectivity index (χ2n) is 6.02. The number of allylic oxidation sites excluding steroid dienone is 1. The molecule has 0 N–H and O–H groups in total. The van der Waals surface area contributed by atoms with E-state index >= 15 is 0 Å². The lowest BCUT2D eigenvalue weighted by Crippen LogP contribution is -1.99. The lowest BCUT2D eigenvalue weighted by molar-refractivity contribution is 0.104. The van der Waals surface area contributed by atoms with Crippen LogP contribution in [0.4, 0.5) is 0 Å². The Morgan fingerprint density at radius 1 is 0.875 bits per heavy atom. The molecule has 120 valence electrons. The first kappa shape index (κ1) is 16.0. The maximum atomic E-state index is 12.5. The molecule has 0 unspecified atom stereocenters. The highest BCUT2D eigenvalue weighted by atomic mass is 16.3. The van der Waals surface area contributed by atoms with Crippen molar-refractivity contribution in [3.05, 3.63) is 88.7 Å². The first-order valence-corrected chi connectivity index (χ1v) is 8.00. The topological polar surface area (TPSA) is 30.2 Å². The van der Waals surface area contributed by atoms with Gasteiger partial charge in [-0.05, 0) is 67.8 Å². The van der Waals surface area contributed by atoms with Crippen LogP contribution in [0.5, 0.6) is 0 Å². The summed E-state index contributed by atoms with van der Waals surface area (Å²) < 4.78 is 5.79. The molecular formula is C22H20O2. The van der Waals surface area contributed by atoms with Crippen molar-refractivity contribution in [2.75, 3.05) is 0 Å². The van der Waals surface area contributed by atoms with E-state index in [0.29, 0.717) is 5.76 Å². The van der Waals surface area contributed by atoms with Gasteiger partial charge in [-0.15, -0.1) is 0 Å². The second kappa shape index (κ2) is 6.71. The average Bonchev–Trinajstić information content (AvgIpc) is 3.06. The van der Waals surface area contributed by atoms with Crippen LogP contribution in [-0.4, -0.2) is 5.78 Å². The monoisotopic (exact) mass is 316 g/mol. The highest BCUT2D eigenvalue weighted by molar-refractivity contribution is 6.07. The zero-order valence-electron chi connectivity index (χ0n) is 14.2. The summed E-state index contributed by atoms with van der Waals surface area (Å²) in [4.78, 5) is 12.5. The molecule has 2 nitrogen and oxygen atoms in total. The molecular weight excluding hydrogens is 296 g/mol. The minimum atomic E-state index is -0.00624. The Morgan fingerprint density at radius 2 is 1.58 bits per heavy atom. The third-order valence-corrected chi connectivity index (χ3v) is 4.19. The van der Waals surface area contributed by atoms with Gasteiger partial charge in [-0.1, -0.05) is 36.4 Å². The summed E-state index contributed by atoms with van der Waals surface area (Å²) in [5.41, 5.74) is 5.09. The second-order valence-corrected chi connectivity index (χ2v) is 6.02. The zero-order valence-corrected chi connectivity index (χ0v) is 14.2. The van der Waals surface area contributed by atoms with E-state index in [1.807, 2.05) is 62.4 Å². The Kier molecular flexibility index (Phi) is 4.48. The van der Waals surface area contributed by atoms with Crippen LogP contribution in [0.3, 0.4) is 0 Å². The van der Waals surface area contributed by atoms with E-state index in [2.05, 4.69) is 13.0 Å². The lowest BCUT2D eigenvalue weighted by atomic mass is 9.98. The quantitative estimate of drug-likeness (QED) is 0.452. The number of carbonyl (C=O) groups excluding carboxylic acids is 1. The minimum absolute atomic E-state index is 0.00624. The van der Waals surface area contributed by atoms with E-state index in [-0.39, 0.29) is 5.78 Å². The Bertz CT molecular complexity index is 899. The zero-order chi connectivity index (χ0) is 17.1. The van der Waals surface area contributed by atoms with Crippen molar-refractivity contribution in [2.24, 2.45) is 0 Å². The highest BCUT2D eigenvalue weighted by Gasteiger charge is 2.08. The summed E-state index contributed by atoms with van der Waals surface area (Å²) in [6.07, 6.45) is 3.30. The number of carbonyl (C=O) groups is 1. The van der Waals surface area contributed by atoms with Gasteiger partial charge in [0, 0.05) is 11.1 Å². The van der Waals surface area contributed by atoms with Gasteiger partial charge in [-0.25, -0.2) is 0 Å². The smallest absolute Gasteiger partial charge is 0.186 e. The molecule has 3 aromatic rings. The van der Waals surface area contributed by atoms with E-state index < -0.39 is 0 Å². The van der Waals surface area contributed by atoms with Gasteiger partial charge in [-0.3, -0.25) is 4.79 Å². The average molecular weight is 316 g/mol. The number of rotatable bonds is 4. The maximum Gasteiger partial charge on any atom is 0.186 e. The standard InChI is InChI=1S/C22H20O2/c1-15-13-17(3)20(14-16(15)2)21(23)11-9-19-10-12-22(24-19)18-7-5-4-6-8-18/h4-14H,1-3H3. The van der Waals surface area contributed by atoms with Gasteiger partial charge in [0.25, 0.3) is 0 Å². The van der Waals surface area contributed by atoms with Gasteiger partial charge in [-0.2, -0.15) is 0 Å². The Morgan fingerprint density at radius 3 is 2.33 bits per heavy atom. The number of aryl methyl sites for hydroxylation is 3. The fourth-order valence-corrected chi connectivity index (χ4v) is 2.67. The van der Waals surface area contributed by atoms with Crippen LogP contribution in [0, 0.1) is 20.8 Å². The molecule has 0 atom stereocenters. The van der Waals surface area contributed by atoms with Crippen LogP contribution in [0.1, 0.15) is 32.8 Å². The Hall–Kier alpha value is -2.87. The van der Waals surface area contributed by atoms with Crippen molar-refractivity contribution in [2.45, 2.75) is 20.8 Å². The van der Waals surface area contributed by atoms with Gasteiger partial charge in [0.05, 0.1) is 0 Å². The largest absolute Gasteiger partial charge is 0.457 e. The van der Waals surface area contributed by atoms with E-state index in [0.717, 1.165) is 28.0 Å². The van der Waals surface area contributed by atoms with Crippen molar-refractivity contribution >= 4 is 11.9 Å². The highest BCUT2D eigenvalue weighted by Crippen LogP contribution is 2.23. The fourth-order valence-electron chi connectivity index (χ4n) is 2.67. The maximum absolute atomic E-state index is 12.5. The molecule has 3 rings (SSSR count). The summed E-state index contributed by atoms with van der Waals surface area (Å²) in [5, 5.41) is 0. The molecule has 1 heterocycles. The van der Waals surface area contributed by atoms with Crippen LogP contribution in [0.25, 0.3) is 17.4 Å². The number of hydrogen-bond acceptors (Lipinski definition) is 2. The molecule has 0 amide bonds. The Labute approximate surface area is 142 Å². The van der Waals surface area contributed by atoms with Crippen LogP contribution >= 0.6 is 0 Å². The van der Waals surface area contributed by atoms with Gasteiger partial charge in [0.2, 0.25) is 0 Å². The molecule has 0 aliphatic carbocycles. The van der Waals surface area contributed by atoms with Crippen molar-refractivity contribution in [3.8, 4) is 11.3 Å². The van der Waals surface area contributed by atoms with Gasteiger partial charge < -0.3 is 4.42 Å². The number of furan rings is 1. The molecule has 2 aromatic carbocycles. The van der Waals surface area contributed by atoms with E-state index in [4.69, 9.17) is 4.42 Å². The lowest BCUT2D eigenvalue weighted by Gasteiger charge is -2.06. The van der Waals surface area contributed by atoms with Crippen LogP contribution in [0.2, 0.25) is 0 Å². The van der Waals surface area contributed by atoms with Crippen molar-refractivity contribution in [3.63, 3.8) is 0 Å². The van der Waals surface area contributed by atoms with Crippen LogP contribution in [0.15, 0.2) is 65.1 Å². The third-order valence-electron chi connectivity index (χ3n) is 4.19. The summed E-state index contributed by atoms with van der Waals surface area (Å²) in [6, 6.07) is 17.7.